The lowest BCUT2D eigenvalue weighted by Crippen LogP contribution is -2.39. The average Bonchev–Trinajstić information content (AvgIpc) is 3.43. The number of rotatable bonds is 9. The topological polar surface area (TPSA) is 77.5 Å². The first-order valence-corrected chi connectivity index (χ1v) is 12.9. The minimum Gasteiger partial charge on any atom is -0.497 e. The second kappa shape index (κ2) is 10.7. The Hall–Kier alpha value is -2.72. The number of nitrogens with zero attached hydrogens (tertiary/aromatic N) is 2. The number of thioether (sulfide) groups is 2. The Bertz CT molecular complexity index is 982. The second-order valence-corrected chi connectivity index (χ2v) is 9.85. The van der Waals surface area contributed by atoms with E-state index in [9.17, 15) is 9.59 Å². The summed E-state index contributed by atoms with van der Waals surface area (Å²) in [7, 11) is 6.45. The van der Waals surface area contributed by atoms with Gasteiger partial charge in [0, 0.05) is 24.2 Å². The van der Waals surface area contributed by atoms with Crippen molar-refractivity contribution < 1.29 is 28.5 Å². The molecule has 34 heavy (non-hydrogen) atoms. The van der Waals surface area contributed by atoms with Gasteiger partial charge in [0.1, 0.15) is 33.7 Å². The summed E-state index contributed by atoms with van der Waals surface area (Å²) < 4.78 is 21.9. The third kappa shape index (κ3) is 4.74. The van der Waals surface area contributed by atoms with Gasteiger partial charge in [-0.05, 0) is 36.4 Å². The monoisotopic (exact) mass is 504 g/mol. The zero-order valence-electron chi connectivity index (χ0n) is 19.6. The number of amides is 2. The molecule has 0 unspecified atom stereocenters. The highest BCUT2D eigenvalue weighted by atomic mass is 32.2. The van der Waals surface area contributed by atoms with Crippen LogP contribution in [0.5, 0.6) is 23.0 Å². The van der Waals surface area contributed by atoms with Crippen molar-refractivity contribution in [2.75, 3.05) is 53.0 Å². The van der Waals surface area contributed by atoms with Gasteiger partial charge in [-0.25, -0.2) is 0 Å². The first kappa shape index (κ1) is 24.4. The highest BCUT2D eigenvalue weighted by Gasteiger charge is 2.38. The van der Waals surface area contributed by atoms with E-state index in [0.717, 1.165) is 11.1 Å². The van der Waals surface area contributed by atoms with Crippen molar-refractivity contribution in [2.45, 2.75) is 10.7 Å². The maximum absolute atomic E-state index is 12.8. The van der Waals surface area contributed by atoms with Crippen LogP contribution in [0.2, 0.25) is 0 Å². The molecule has 0 aromatic heterocycles. The van der Waals surface area contributed by atoms with Crippen LogP contribution in [0.1, 0.15) is 21.9 Å². The van der Waals surface area contributed by atoms with Crippen LogP contribution < -0.4 is 18.9 Å². The third-order valence-electron chi connectivity index (χ3n) is 5.92. The predicted molar refractivity (Wildman–Crippen MR) is 133 cm³/mol. The van der Waals surface area contributed by atoms with Crippen LogP contribution in [0.15, 0.2) is 36.4 Å². The van der Waals surface area contributed by atoms with Gasteiger partial charge in [0.15, 0.2) is 0 Å². The Morgan fingerprint density at radius 3 is 1.47 bits per heavy atom. The quantitative estimate of drug-likeness (QED) is 0.513. The normalized spacial score (nSPS) is 20.1. The van der Waals surface area contributed by atoms with Crippen LogP contribution in [-0.2, 0) is 9.59 Å². The summed E-state index contributed by atoms with van der Waals surface area (Å²) in [4.78, 5) is 29.3. The van der Waals surface area contributed by atoms with Gasteiger partial charge in [-0.2, -0.15) is 0 Å². The average molecular weight is 505 g/mol. The van der Waals surface area contributed by atoms with E-state index in [1.165, 1.54) is 0 Å². The van der Waals surface area contributed by atoms with Gasteiger partial charge in [0.05, 0.1) is 39.9 Å². The molecule has 2 fully saturated rings. The molecule has 2 aliphatic rings. The lowest BCUT2D eigenvalue weighted by molar-refractivity contribution is -0.132. The van der Waals surface area contributed by atoms with Gasteiger partial charge in [-0.15, -0.1) is 23.5 Å². The highest BCUT2D eigenvalue weighted by Crippen LogP contribution is 2.46. The molecule has 4 rings (SSSR count). The molecule has 0 radical (unpaired) electrons. The smallest absolute Gasteiger partial charge is 0.233 e. The maximum atomic E-state index is 12.8. The summed E-state index contributed by atoms with van der Waals surface area (Å²) in [6, 6.07) is 11.2. The standard InChI is InChI=1S/C24H28N2O6S2/c1-29-15-5-7-19(31-3)17(11-15)23-25(21(27)13-33-23)9-10-26-22(28)14-34-24(26)18-12-16(30-2)6-8-20(18)32-4/h5-8,11-12,23-24H,9-10,13-14H2,1-4H3/t23-,24-/m0/s1. The molecule has 0 spiro atoms. The number of hydrogen-bond donors (Lipinski definition) is 0. The number of hydrogen-bond acceptors (Lipinski definition) is 8. The molecule has 2 amide bonds. The van der Waals surface area contributed by atoms with E-state index in [1.807, 2.05) is 46.2 Å². The van der Waals surface area contributed by atoms with Gasteiger partial charge in [-0.3, -0.25) is 9.59 Å². The molecule has 8 nitrogen and oxygen atoms in total. The largest absolute Gasteiger partial charge is 0.497 e. The molecule has 2 aromatic rings. The molecule has 0 bridgehead atoms. The molecule has 0 N–H and O–H groups in total. The van der Waals surface area contributed by atoms with E-state index in [2.05, 4.69) is 0 Å². The molecule has 2 atom stereocenters. The van der Waals surface area contributed by atoms with Gasteiger partial charge in [0.2, 0.25) is 11.8 Å². The fraction of sp³-hybridized carbons (Fsp3) is 0.417. The summed E-state index contributed by atoms with van der Waals surface area (Å²) in [6.45, 7) is 0.817. The molecule has 10 heteroatoms. The van der Waals surface area contributed by atoms with Crippen LogP contribution in [0.4, 0.5) is 0 Å². The summed E-state index contributed by atoms with van der Waals surface area (Å²) in [5.41, 5.74) is 1.76. The second-order valence-electron chi connectivity index (χ2n) is 7.72. The van der Waals surface area contributed by atoms with Crippen LogP contribution in [0.3, 0.4) is 0 Å². The third-order valence-corrected chi connectivity index (χ3v) is 8.40. The van der Waals surface area contributed by atoms with E-state index >= 15 is 0 Å². The Morgan fingerprint density at radius 2 is 1.12 bits per heavy atom. The molecule has 2 heterocycles. The predicted octanol–water partition coefficient (Wildman–Crippen LogP) is 3.57. The fourth-order valence-corrected chi connectivity index (χ4v) is 6.65. The van der Waals surface area contributed by atoms with Gasteiger partial charge < -0.3 is 28.7 Å². The van der Waals surface area contributed by atoms with E-state index < -0.39 is 0 Å². The molecule has 182 valence electrons. The highest BCUT2D eigenvalue weighted by molar-refractivity contribution is 8.00. The number of carbonyl (C=O) groups is 2. The van der Waals surface area contributed by atoms with E-state index in [-0.39, 0.29) is 22.6 Å². The molecular weight excluding hydrogens is 476 g/mol. The van der Waals surface area contributed by atoms with Gasteiger partial charge >= 0.3 is 0 Å². The van der Waals surface area contributed by atoms with Gasteiger partial charge in [-0.1, -0.05) is 0 Å². The van der Waals surface area contributed by atoms with E-state index in [4.69, 9.17) is 18.9 Å². The van der Waals surface area contributed by atoms with Crippen molar-refractivity contribution >= 4 is 35.3 Å². The Kier molecular flexibility index (Phi) is 7.67. The summed E-state index contributed by atoms with van der Waals surface area (Å²) >= 11 is 3.10. The minimum atomic E-state index is -0.215. The summed E-state index contributed by atoms with van der Waals surface area (Å²) in [6.07, 6.45) is 0. The maximum Gasteiger partial charge on any atom is 0.233 e. The molecule has 2 aromatic carbocycles. The molecule has 2 saturated heterocycles. The minimum absolute atomic E-state index is 0.0367. The van der Waals surface area contributed by atoms with Crippen LogP contribution in [0, 0.1) is 0 Å². The number of methoxy groups -OCH3 is 4. The van der Waals surface area contributed by atoms with Crippen LogP contribution in [0.25, 0.3) is 0 Å². The lowest BCUT2D eigenvalue weighted by Gasteiger charge is -2.30. The Balaban J connectivity index is 1.57. The van der Waals surface area contributed by atoms with E-state index in [1.54, 1.807) is 52.0 Å². The summed E-state index contributed by atoms with van der Waals surface area (Å²) in [5, 5.41) is -0.430. The van der Waals surface area contributed by atoms with Crippen molar-refractivity contribution in [3.8, 4) is 23.0 Å². The molecule has 0 saturated carbocycles. The number of benzene rings is 2. The Morgan fingerprint density at radius 1 is 0.706 bits per heavy atom. The van der Waals surface area contributed by atoms with Gasteiger partial charge in [0.25, 0.3) is 0 Å². The van der Waals surface area contributed by atoms with Crippen LogP contribution in [-0.4, -0.2) is 74.6 Å². The zero-order valence-corrected chi connectivity index (χ0v) is 21.2. The number of carbonyl (C=O) groups excluding carboxylic acids is 2. The van der Waals surface area contributed by atoms with Crippen molar-refractivity contribution in [2.24, 2.45) is 0 Å². The number of ether oxygens (including phenoxy) is 4. The summed E-state index contributed by atoms with van der Waals surface area (Å²) in [5.74, 6) is 3.62. The Labute approximate surface area is 207 Å². The van der Waals surface area contributed by atoms with Crippen LogP contribution >= 0.6 is 23.5 Å². The van der Waals surface area contributed by atoms with Crippen molar-refractivity contribution in [1.29, 1.82) is 0 Å². The van der Waals surface area contributed by atoms with Crippen molar-refractivity contribution in [1.82, 2.24) is 9.80 Å². The first-order valence-electron chi connectivity index (χ1n) is 10.8. The zero-order chi connectivity index (χ0) is 24.2. The van der Waals surface area contributed by atoms with Crippen molar-refractivity contribution in [3.63, 3.8) is 0 Å². The molecule has 2 aliphatic heterocycles. The molecular formula is C24H28N2O6S2. The van der Waals surface area contributed by atoms with E-state index in [0.29, 0.717) is 47.6 Å². The van der Waals surface area contributed by atoms with Crippen molar-refractivity contribution in [3.05, 3.63) is 47.5 Å². The first-order chi connectivity index (χ1) is 16.5. The SMILES string of the molecule is COc1ccc(OC)c([C@@H]2SCC(=O)N2CCN2C(=O)CS[C@H]2c2cc(OC)ccc2OC)c1. The fourth-order valence-electron chi connectivity index (χ4n) is 4.19. The lowest BCUT2D eigenvalue weighted by atomic mass is 10.1. The molecule has 0 aliphatic carbocycles.